The largest absolute Gasteiger partial charge is 0.491 e. The third-order valence-corrected chi connectivity index (χ3v) is 6.57. The standard InChI is InChI=1S/C28H36F4O2/c1-6-34-20(5)26(30)25(29)19(4)18(3)9-7-17(2)8-10-22-13-16-24(28(32)27(22)31)21-11-14-23(33)15-12-21/h8,10,13,16-18,21,23,33H,4-7,9,11-12,14-15H2,1-3H3/b10-8+,26-25-. The normalized spacial score (nSPS) is 21.2. The molecule has 1 N–H and O–H groups in total. The van der Waals surface area contributed by atoms with Gasteiger partial charge >= 0.3 is 0 Å². The van der Waals surface area contributed by atoms with E-state index < -0.39 is 23.3 Å². The number of halogens is 4. The third kappa shape index (κ3) is 7.33. The van der Waals surface area contributed by atoms with Crippen LogP contribution in [-0.2, 0) is 4.74 Å². The van der Waals surface area contributed by atoms with Crippen LogP contribution in [0.5, 0.6) is 0 Å². The maximum atomic E-state index is 14.7. The molecule has 0 amide bonds. The first kappa shape index (κ1) is 27.9. The summed E-state index contributed by atoms with van der Waals surface area (Å²) >= 11 is 0. The summed E-state index contributed by atoms with van der Waals surface area (Å²) in [6.07, 6.45) is 6.65. The molecule has 2 nitrogen and oxygen atoms in total. The molecule has 188 valence electrons. The summed E-state index contributed by atoms with van der Waals surface area (Å²) in [6, 6.07) is 3.22. The van der Waals surface area contributed by atoms with Gasteiger partial charge < -0.3 is 9.84 Å². The molecule has 0 radical (unpaired) electrons. The molecule has 0 aliphatic heterocycles. The summed E-state index contributed by atoms with van der Waals surface area (Å²) in [5.41, 5.74) is 0.580. The summed E-state index contributed by atoms with van der Waals surface area (Å²) in [5.74, 6) is -4.63. The molecule has 0 aromatic heterocycles. The van der Waals surface area contributed by atoms with E-state index in [0.29, 0.717) is 44.1 Å². The Bertz CT molecular complexity index is 927. The first-order valence-electron chi connectivity index (χ1n) is 12.0. The van der Waals surface area contributed by atoms with Crippen molar-refractivity contribution in [2.75, 3.05) is 6.61 Å². The molecule has 34 heavy (non-hydrogen) atoms. The third-order valence-electron chi connectivity index (χ3n) is 6.57. The van der Waals surface area contributed by atoms with Crippen LogP contribution in [0.4, 0.5) is 17.6 Å². The zero-order chi connectivity index (χ0) is 25.4. The highest BCUT2D eigenvalue weighted by atomic mass is 19.2. The van der Waals surface area contributed by atoms with Gasteiger partial charge in [0.1, 0.15) is 0 Å². The van der Waals surface area contributed by atoms with E-state index >= 15 is 0 Å². The molecule has 1 fully saturated rings. The Morgan fingerprint density at radius 3 is 2.32 bits per heavy atom. The van der Waals surface area contributed by atoms with Gasteiger partial charge in [-0.1, -0.05) is 51.3 Å². The lowest BCUT2D eigenvalue weighted by Crippen LogP contribution is -2.18. The first-order chi connectivity index (χ1) is 16.1. The topological polar surface area (TPSA) is 29.5 Å². The van der Waals surface area contributed by atoms with Crippen molar-refractivity contribution >= 4 is 6.08 Å². The number of hydrogen-bond donors (Lipinski definition) is 1. The monoisotopic (exact) mass is 480 g/mol. The number of benzene rings is 1. The second kappa shape index (κ2) is 12.9. The minimum Gasteiger partial charge on any atom is -0.491 e. The molecule has 0 bridgehead atoms. The molecule has 0 spiro atoms. The highest BCUT2D eigenvalue weighted by Crippen LogP contribution is 2.36. The van der Waals surface area contributed by atoms with Gasteiger partial charge in [0.15, 0.2) is 29.0 Å². The molecule has 1 aliphatic rings. The highest BCUT2D eigenvalue weighted by Gasteiger charge is 2.25. The minimum atomic E-state index is -1.14. The van der Waals surface area contributed by atoms with Crippen molar-refractivity contribution in [3.63, 3.8) is 0 Å². The summed E-state index contributed by atoms with van der Waals surface area (Å²) in [4.78, 5) is 0. The predicted molar refractivity (Wildman–Crippen MR) is 129 cm³/mol. The predicted octanol–water partition coefficient (Wildman–Crippen LogP) is 8.31. The van der Waals surface area contributed by atoms with Gasteiger partial charge in [-0.3, -0.25) is 0 Å². The molecule has 0 heterocycles. The van der Waals surface area contributed by atoms with E-state index in [-0.39, 0.29) is 47.4 Å². The van der Waals surface area contributed by atoms with Crippen molar-refractivity contribution in [1.82, 2.24) is 0 Å². The smallest absolute Gasteiger partial charge is 0.200 e. The van der Waals surface area contributed by atoms with Crippen LogP contribution in [0, 0.1) is 23.5 Å². The van der Waals surface area contributed by atoms with Crippen molar-refractivity contribution in [1.29, 1.82) is 0 Å². The Balaban J connectivity index is 1.96. The molecule has 1 aliphatic carbocycles. The molecule has 6 heteroatoms. The zero-order valence-corrected chi connectivity index (χ0v) is 20.4. The summed E-state index contributed by atoms with van der Waals surface area (Å²) < 4.78 is 62.7. The van der Waals surface area contributed by atoms with E-state index in [4.69, 9.17) is 4.74 Å². The van der Waals surface area contributed by atoms with Gasteiger partial charge in [-0.2, -0.15) is 4.39 Å². The lowest BCUT2D eigenvalue weighted by atomic mass is 9.82. The van der Waals surface area contributed by atoms with E-state index in [1.807, 2.05) is 6.92 Å². The molecular formula is C28H36F4O2. The fourth-order valence-electron chi connectivity index (χ4n) is 4.18. The molecule has 1 aromatic carbocycles. The molecule has 0 saturated heterocycles. The summed E-state index contributed by atoms with van der Waals surface area (Å²) in [5, 5.41) is 9.64. The van der Waals surface area contributed by atoms with Crippen molar-refractivity contribution in [2.24, 2.45) is 11.8 Å². The van der Waals surface area contributed by atoms with Gasteiger partial charge in [0, 0.05) is 5.56 Å². The fraction of sp³-hybridized carbons (Fsp3) is 0.500. The Kier molecular flexibility index (Phi) is 10.6. The molecule has 2 atom stereocenters. The van der Waals surface area contributed by atoms with Crippen LogP contribution >= 0.6 is 0 Å². The van der Waals surface area contributed by atoms with Crippen LogP contribution in [0.1, 0.15) is 76.3 Å². The number of aliphatic hydroxyl groups is 1. The summed E-state index contributed by atoms with van der Waals surface area (Å²) in [6.45, 7) is 12.6. The van der Waals surface area contributed by atoms with Gasteiger partial charge in [-0.05, 0) is 74.3 Å². The second-order valence-electron chi connectivity index (χ2n) is 9.20. The maximum absolute atomic E-state index is 14.7. The van der Waals surface area contributed by atoms with E-state index in [1.165, 1.54) is 0 Å². The van der Waals surface area contributed by atoms with Crippen LogP contribution in [-0.4, -0.2) is 17.8 Å². The van der Waals surface area contributed by atoms with Crippen LogP contribution in [0.15, 0.2) is 54.4 Å². The van der Waals surface area contributed by atoms with Crippen molar-refractivity contribution < 1.29 is 27.4 Å². The number of rotatable bonds is 11. The lowest BCUT2D eigenvalue weighted by molar-refractivity contribution is 0.122. The first-order valence-corrected chi connectivity index (χ1v) is 12.0. The van der Waals surface area contributed by atoms with Gasteiger partial charge in [0.2, 0.25) is 0 Å². The molecule has 1 aromatic rings. The molecule has 1 saturated carbocycles. The van der Waals surface area contributed by atoms with Gasteiger partial charge in [0.25, 0.3) is 0 Å². The summed E-state index contributed by atoms with van der Waals surface area (Å²) in [7, 11) is 0. The van der Waals surface area contributed by atoms with Crippen LogP contribution in [0.2, 0.25) is 0 Å². The van der Waals surface area contributed by atoms with E-state index in [2.05, 4.69) is 13.2 Å². The highest BCUT2D eigenvalue weighted by molar-refractivity contribution is 5.51. The Morgan fingerprint density at radius 2 is 1.71 bits per heavy atom. The number of ether oxygens (including phenoxy) is 1. The minimum absolute atomic E-state index is 0.00694. The van der Waals surface area contributed by atoms with E-state index in [0.717, 1.165) is 0 Å². The molecule has 2 rings (SSSR count). The van der Waals surface area contributed by atoms with Crippen molar-refractivity contribution in [2.45, 2.75) is 71.3 Å². The van der Waals surface area contributed by atoms with E-state index in [9.17, 15) is 22.7 Å². The number of aliphatic hydroxyl groups excluding tert-OH is 1. The average molecular weight is 481 g/mol. The van der Waals surface area contributed by atoms with Gasteiger partial charge in [0.05, 0.1) is 12.7 Å². The lowest BCUT2D eigenvalue weighted by Gasteiger charge is -2.26. The fourth-order valence-corrected chi connectivity index (χ4v) is 4.18. The quantitative estimate of drug-likeness (QED) is 0.196. The van der Waals surface area contributed by atoms with Crippen LogP contribution in [0.3, 0.4) is 0 Å². The second-order valence-corrected chi connectivity index (χ2v) is 9.20. The van der Waals surface area contributed by atoms with Crippen molar-refractivity contribution in [3.05, 3.63) is 77.1 Å². The maximum Gasteiger partial charge on any atom is 0.200 e. The number of allylic oxidation sites excluding steroid dienone is 4. The number of hydrogen-bond acceptors (Lipinski definition) is 2. The Hall–Kier alpha value is -2.34. The van der Waals surface area contributed by atoms with Gasteiger partial charge in [-0.25, -0.2) is 13.2 Å². The molecule has 2 unspecified atom stereocenters. The average Bonchev–Trinajstić information content (AvgIpc) is 2.82. The zero-order valence-electron chi connectivity index (χ0n) is 20.4. The Labute approximate surface area is 200 Å². The molecular weight excluding hydrogens is 444 g/mol. The van der Waals surface area contributed by atoms with E-state index in [1.54, 1.807) is 38.1 Å². The Morgan fingerprint density at radius 1 is 1.06 bits per heavy atom. The van der Waals surface area contributed by atoms with Gasteiger partial charge in [-0.15, -0.1) is 0 Å². The van der Waals surface area contributed by atoms with Crippen LogP contribution in [0.25, 0.3) is 6.08 Å². The SMILES string of the molecule is C=C(OCC)/C(F)=C(/F)C(=C)C(C)CCC(C)/C=C/c1ccc(C2CCC(O)CC2)c(F)c1F. The van der Waals surface area contributed by atoms with Crippen molar-refractivity contribution in [3.8, 4) is 0 Å². The van der Waals surface area contributed by atoms with Crippen LogP contribution < -0.4 is 0 Å².